The van der Waals surface area contributed by atoms with Crippen molar-refractivity contribution >= 4 is 11.8 Å². The third kappa shape index (κ3) is 5.32. The summed E-state index contributed by atoms with van der Waals surface area (Å²) < 4.78 is 24.0. The summed E-state index contributed by atoms with van der Waals surface area (Å²) in [5, 5.41) is 8.71. The number of benzene rings is 2. The number of hydrogen-bond acceptors (Lipinski definition) is 5. The Hall–Kier alpha value is -2.34. The molecule has 6 heteroatoms. The van der Waals surface area contributed by atoms with Gasteiger partial charge in [0.1, 0.15) is 11.6 Å². The number of ether oxygens (including phenoxy) is 1. The summed E-state index contributed by atoms with van der Waals surface area (Å²) in [7, 11) is 0. The zero-order valence-corrected chi connectivity index (χ0v) is 14.7. The molecule has 0 spiro atoms. The van der Waals surface area contributed by atoms with Crippen LogP contribution in [0.5, 0.6) is 5.75 Å². The van der Waals surface area contributed by atoms with E-state index in [0.29, 0.717) is 41.6 Å². The predicted molar refractivity (Wildman–Crippen MR) is 95.5 cm³/mol. The van der Waals surface area contributed by atoms with Crippen LogP contribution in [0, 0.1) is 5.82 Å². The average Bonchev–Trinajstić information content (AvgIpc) is 3.08. The first-order valence-electron chi connectivity index (χ1n) is 8.09. The molecule has 0 radical (unpaired) electrons. The molecule has 25 heavy (non-hydrogen) atoms. The van der Waals surface area contributed by atoms with Crippen LogP contribution in [-0.4, -0.2) is 22.6 Å². The molecule has 2 aromatic carbocycles. The van der Waals surface area contributed by atoms with E-state index in [9.17, 15) is 4.39 Å². The second kappa shape index (κ2) is 8.67. The molecule has 1 unspecified atom stereocenters. The Morgan fingerprint density at radius 2 is 1.84 bits per heavy atom. The van der Waals surface area contributed by atoms with Crippen molar-refractivity contribution in [1.29, 1.82) is 0 Å². The molecule has 0 aliphatic carbocycles. The molecular formula is C19H19FN2O2S. The molecule has 1 atom stereocenters. The summed E-state index contributed by atoms with van der Waals surface area (Å²) in [6.45, 7) is 2.62. The number of nitrogens with zero attached hydrogens (tertiary/aromatic N) is 2. The highest BCUT2D eigenvalue weighted by molar-refractivity contribution is 7.99. The first-order chi connectivity index (χ1) is 12.2. The first-order valence-corrected chi connectivity index (χ1v) is 9.08. The number of halogens is 1. The van der Waals surface area contributed by atoms with E-state index in [0.717, 1.165) is 0 Å². The summed E-state index contributed by atoms with van der Waals surface area (Å²) in [6.07, 6.45) is 0.712. The molecule has 0 bridgehead atoms. The topological polar surface area (TPSA) is 48.2 Å². The van der Waals surface area contributed by atoms with Crippen LogP contribution in [0.25, 0.3) is 0 Å². The number of aromatic nitrogens is 2. The first kappa shape index (κ1) is 17.5. The van der Waals surface area contributed by atoms with Crippen LogP contribution in [-0.2, 0) is 6.42 Å². The van der Waals surface area contributed by atoms with E-state index in [4.69, 9.17) is 9.15 Å². The molecule has 0 N–H and O–H groups in total. The molecule has 0 fully saturated rings. The van der Waals surface area contributed by atoms with E-state index in [1.807, 2.05) is 18.2 Å². The maximum Gasteiger partial charge on any atom is 0.276 e. The quantitative estimate of drug-likeness (QED) is 0.430. The van der Waals surface area contributed by atoms with Gasteiger partial charge >= 0.3 is 0 Å². The van der Waals surface area contributed by atoms with E-state index in [-0.39, 0.29) is 5.82 Å². The van der Waals surface area contributed by atoms with Gasteiger partial charge in [-0.1, -0.05) is 49.0 Å². The second-order valence-corrected chi connectivity index (χ2v) is 6.67. The minimum absolute atomic E-state index is 0.273. The van der Waals surface area contributed by atoms with Gasteiger partial charge in [-0.3, -0.25) is 0 Å². The minimum Gasteiger partial charge on any atom is -0.493 e. The van der Waals surface area contributed by atoms with Gasteiger partial charge in [-0.2, -0.15) is 0 Å². The molecule has 0 saturated heterocycles. The standard InChI is InChI=1S/C19H19FN2O2S/c1-14(15-5-3-2-4-6-15)13-18-21-22-19(24-18)25-12-11-23-17-9-7-16(20)8-10-17/h2-10,14H,11-13H2,1H3. The fraction of sp³-hybridized carbons (Fsp3) is 0.263. The Morgan fingerprint density at radius 3 is 2.60 bits per heavy atom. The Kier molecular flexibility index (Phi) is 6.06. The second-order valence-electron chi connectivity index (χ2n) is 5.63. The van der Waals surface area contributed by atoms with Crippen LogP contribution in [0.1, 0.15) is 24.3 Å². The lowest BCUT2D eigenvalue weighted by Crippen LogP contribution is -2.00. The third-order valence-corrected chi connectivity index (χ3v) is 4.47. The molecule has 0 aliphatic rings. The van der Waals surface area contributed by atoms with Crippen LogP contribution in [0.2, 0.25) is 0 Å². The molecule has 0 aliphatic heterocycles. The smallest absolute Gasteiger partial charge is 0.276 e. The molecule has 1 heterocycles. The van der Waals surface area contributed by atoms with Crippen LogP contribution in [0.15, 0.2) is 64.2 Å². The summed E-state index contributed by atoms with van der Waals surface area (Å²) in [5.74, 6) is 2.00. The zero-order valence-electron chi connectivity index (χ0n) is 13.9. The van der Waals surface area contributed by atoms with Crippen molar-refractivity contribution in [3.05, 3.63) is 71.9 Å². The zero-order chi connectivity index (χ0) is 17.5. The summed E-state index contributed by atoms with van der Waals surface area (Å²) in [4.78, 5) is 0. The maximum absolute atomic E-state index is 12.8. The Morgan fingerprint density at radius 1 is 1.08 bits per heavy atom. The minimum atomic E-state index is -0.273. The molecule has 3 aromatic rings. The van der Waals surface area contributed by atoms with E-state index >= 15 is 0 Å². The van der Waals surface area contributed by atoms with Crippen molar-refractivity contribution in [2.45, 2.75) is 24.5 Å². The van der Waals surface area contributed by atoms with Gasteiger partial charge in [0.2, 0.25) is 5.89 Å². The normalized spacial score (nSPS) is 12.1. The molecule has 0 saturated carbocycles. The molecule has 1 aromatic heterocycles. The Balaban J connectivity index is 1.43. The summed E-state index contributed by atoms with van der Waals surface area (Å²) >= 11 is 1.45. The largest absolute Gasteiger partial charge is 0.493 e. The van der Waals surface area contributed by atoms with Gasteiger partial charge in [0.25, 0.3) is 5.22 Å². The summed E-state index contributed by atoms with van der Waals surface area (Å²) in [5.41, 5.74) is 1.25. The van der Waals surface area contributed by atoms with E-state index in [1.54, 1.807) is 12.1 Å². The van der Waals surface area contributed by atoms with E-state index < -0.39 is 0 Å². The van der Waals surface area contributed by atoms with Crippen molar-refractivity contribution in [3.8, 4) is 5.75 Å². The highest BCUT2D eigenvalue weighted by Crippen LogP contribution is 2.22. The molecule has 4 nitrogen and oxygen atoms in total. The van der Waals surface area contributed by atoms with Gasteiger partial charge in [0, 0.05) is 12.2 Å². The maximum atomic E-state index is 12.8. The predicted octanol–water partition coefficient (Wildman–Crippen LogP) is 4.73. The molecule has 130 valence electrons. The highest BCUT2D eigenvalue weighted by Gasteiger charge is 2.12. The van der Waals surface area contributed by atoms with Crippen molar-refractivity contribution in [1.82, 2.24) is 10.2 Å². The van der Waals surface area contributed by atoms with Gasteiger partial charge < -0.3 is 9.15 Å². The lowest BCUT2D eigenvalue weighted by molar-refractivity contribution is 0.342. The Labute approximate surface area is 150 Å². The van der Waals surface area contributed by atoms with Crippen molar-refractivity contribution in [2.24, 2.45) is 0 Å². The lowest BCUT2D eigenvalue weighted by Gasteiger charge is -2.08. The fourth-order valence-electron chi connectivity index (χ4n) is 2.36. The summed E-state index contributed by atoms with van der Waals surface area (Å²) in [6, 6.07) is 16.2. The van der Waals surface area contributed by atoms with Gasteiger partial charge in [0.05, 0.1) is 6.61 Å². The van der Waals surface area contributed by atoms with Gasteiger partial charge in [-0.05, 0) is 35.7 Å². The highest BCUT2D eigenvalue weighted by atomic mass is 32.2. The molecular weight excluding hydrogens is 339 g/mol. The number of hydrogen-bond donors (Lipinski definition) is 0. The number of thioether (sulfide) groups is 1. The van der Waals surface area contributed by atoms with E-state index in [2.05, 4.69) is 29.3 Å². The van der Waals surface area contributed by atoms with Crippen LogP contribution in [0.3, 0.4) is 0 Å². The number of rotatable bonds is 8. The van der Waals surface area contributed by atoms with Crippen LogP contribution >= 0.6 is 11.8 Å². The van der Waals surface area contributed by atoms with Crippen molar-refractivity contribution in [3.63, 3.8) is 0 Å². The van der Waals surface area contributed by atoms with Gasteiger partial charge in [-0.15, -0.1) is 10.2 Å². The third-order valence-electron chi connectivity index (χ3n) is 3.69. The fourth-order valence-corrected chi connectivity index (χ4v) is 2.95. The Bertz CT molecular complexity index is 778. The van der Waals surface area contributed by atoms with Crippen molar-refractivity contribution < 1.29 is 13.5 Å². The van der Waals surface area contributed by atoms with Gasteiger partial charge in [-0.25, -0.2) is 4.39 Å². The molecule has 3 rings (SSSR count). The monoisotopic (exact) mass is 358 g/mol. The average molecular weight is 358 g/mol. The lowest BCUT2D eigenvalue weighted by atomic mass is 9.98. The van der Waals surface area contributed by atoms with E-state index in [1.165, 1.54) is 29.5 Å². The van der Waals surface area contributed by atoms with Crippen LogP contribution in [0.4, 0.5) is 4.39 Å². The van der Waals surface area contributed by atoms with Crippen molar-refractivity contribution in [2.75, 3.05) is 12.4 Å². The molecule has 0 amide bonds. The SMILES string of the molecule is CC(Cc1nnc(SCCOc2ccc(F)cc2)o1)c1ccccc1. The van der Waals surface area contributed by atoms with Crippen LogP contribution < -0.4 is 4.74 Å². The van der Waals surface area contributed by atoms with Gasteiger partial charge in [0.15, 0.2) is 0 Å².